The number of hydrogen-bond acceptors (Lipinski definition) is 1. The monoisotopic (exact) mass is 268 g/mol. The van der Waals surface area contributed by atoms with Crippen LogP contribution in [-0.2, 0) is 0 Å². The zero-order valence-electron chi connectivity index (χ0n) is 12.5. The Bertz CT molecular complexity index is 514. The summed E-state index contributed by atoms with van der Waals surface area (Å²) in [5, 5.41) is 9.98. The second kappa shape index (κ2) is 9.18. The van der Waals surface area contributed by atoms with Crippen LogP contribution in [0.5, 0.6) is 0 Å². The Labute approximate surface area is 123 Å². The molecule has 0 aromatic heterocycles. The van der Waals surface area contributed by atoms with Crippen LogP contribution in [0.15, 0.2) is 48.6 Å². The van der Waals surface area contributed by atoms with Crippen molar-refractivity contribution in [1.29, 1.82) is 0 Å². The third kappa shape index (κ3) is 5.91. The first-order valence-electron chi connectivity index (χ1n) is 7.22. The summed E-state index contributed by atoms with van der Waals surface area (Å²) in [6, 6.07) is 7.89. The van der Waals surface area contributed by atoms with Crippen LogP contribution in [0.25, 0.3) is 0 Å². The molecule has 1 unspecified atom stereocenters. The van der Waals surface area contributed by atoms with Crippen LogP contribution < -0.4 is 0 Å². The van der Waals surface area contributed by atoms with Crippen LogP contribution in [0.2, 0.25) is 0 Å². The van der Waals surface area contributed by atoms with E-state index in [0.29, 0.717) is 0 Å². The molecule has 0 saturated heterocycles. The van der Waals surface area contributed by atoms with Crippen molar-refractivity contribution < 1.29 is 5.11 Å². The summed E-state index contributed by atoms with van der Waals surface area (Å²) in [6.07, 6.45) is 7.04. The second-order valence-corrected chi connectivity index (χ2v) is 4.98. The molecule has 1 N–H and O–H groups in total. The highest BCUT2D eigenvalue weighted by Crippen LogP contribution is 2.18. The highest BCUT2D eigenvalue weighted by atomic mass is 16.3. The van der Waals surface area contributed by atoms with Crippen LogP contribution in [0, 0.1) is 11.8 Å². The zero-order valence-corrected chi connectivity index (χ0v) is 12.5. The SMILES string of the molecule is C=CC=C(C)CCC#Cc1cccc(C(O)CCC)c1. The Morgan fingerprint density at radius 2 is 2.25 bits per heavy atom. The van der Waals surface area contributed by atoms with E-state index >= 15 is 0 Å². The fraction of sp³-hybridized carbons (Fsp3) is 0.368. The summed E-state index contributed by atoms with van der Waals surface area (Å²) in [5.41, 5.74) is 3.23. The third-order valence-corrected chi connectivity index (χ3v) is 3.11. The summed E-state index contributed by atoms with van der Waals surface area (Å²) in [6.45, 7) is 7.85. The molecule has 1 nitrogen and oxygen atoms in total. The Kier molecular flexibility index (Phi) is 7.47. The predicted molar refractivity (Wildman–Crippen MR) is 86.4 cm³/mol. The van der Waals surface area contributed by atoms with Crippen LogP contribution in [0.3, 0.4) is 0 Å². The van der Waals surface area contributed by atoms with Gasteiger partial charge in [-0.25, -0.2) is 0 Å². The van der Waals surface area contributed by atoms with Gasteiger partial charge in [-0.2, -0.15) is 0 Å². The average molecular weight is 268 g/mol. The number of benzene rings is 1. The van der Waals surface area contributed by atoms with E-state index in [9.17, 15) is 5.11 Å². The molecule has 1 rings (SSSR count). The van der Waals surface area contributed by atoms with E-state index < -0.39 is 0 Å². The lowest BCUT2D eigenvalue weighted by Crippen LogP contribution is -1.96. The lowest BCUT2D eigenvalue weighted by Gasteiger charge is -2.09. The summed E-state index contributed by atoms with van der Waals surface area (Å²) in [4.78, 5) is 0. The summed E-state index contributed by atoms with van der Waals surface area (Å²) >= 11 is 0. The highest BCUT2D eigenvalue weighted by Gasteiger charge is 2.05. The minimum absolute atomic E-state index is 0.375. The molecule has 0 spiro atoms. The zero-order chi connectivity index (χ0) is 14.8. The third-order valence-electron chi connectivity index (χ3n) is 3.11. The second-order valence-electron chi connectivity index (χ2n) is 4.98. The van der Waals surface area contributed by atoms with E-state index in [1.54, 1.807) is 6.08 Å². The molecule has 1 atom stereocenters. The minimum atomic E-state index is -0.375. The average Bonchev–Trinajstić information content (AvgIpc) is 2.44. The molecule has 106 valence electrons. The highest BCUT2D eigenvalue weighted by molar-refractivity contribution is 5.37. The van der Waals surface area contributed by atoms with Gasteiger partial charge in [0.2, 0.25) is 0 Å². The number of allylic oxidation sites excluding steroid dienone is 3. The van der Waals surface area contributed by atoms with Crippen LogP contribution in [0.4, 0.5) is 0 Å². The van der Waals surface area contributed by atoms with Gasteiger partial charge in [0.15, 0.2) is 0 Å². The maximum Gasteiger partial charge on any atom is 0.0790 e. The van der Waals surface area contributed by atoms with Gasteiger partial charge in [-0.15, -0.1) is 0 Å². The van der Waals surface area contributed by atoms with Gasteiger partial charge in [-0.3, -0.25) is 0 Å². The Morgan fingerprint density at radius 3 is 2.95 bits per heavy atom. The standard InChI is InChI=1S/C19H24O/c1-4-9-16(3)11-6-7-12-17-13-8-14-18(15-17)19(20)10-5-2/h4,8-9,13-15,19-20H,1,5-6,10-11H2,2-3H3. The van der Waals surface area contributed by atoms with Gasteiger partial charge in [0, 0.05) is 12.0 Å². The molecule has 1 heteroatoms. The molecule has 0 aliphatic carbocycles. The molecule has 0 radical (unpaired) electrons. The molecule has 0 aliphatic rings. The van der Waals surface area contributed by atoms with E-state index in [1.165, 1.54) is 5.57 Å². The first kappa shape index (κ1) is 16.3. The van der Waals surface area contributed by atoms with Crippen molar-refractivity contribution in [3.63, 3.8) is 0 Å². The molecule has 0 saturated carbocycles. The topological polar surface area (TPSA) is 20.2 Å². The number of aliphatic hydroxyl groups is 1. The molecular formula is C19H24O. The largest absolute Gasteiger partial charge is 0.388 e. The van der Waals surface area contributed by atoms with Crippen molar-refractivity contribution in [1.82, 2.24) is 0 Å². The summed E-state index contributed by atoms with van der Waals surface area (Å²) in [7, 11) is 0. The van der Waals surface area contributed by atoms with Gasteiger partial charge in [0.1, 0.15) is 0 Å². The fourth-order valence-electron chi connectivity index (χ4n) is 1.97. The maximum atomic E-state index is 9.98. The molecule has 0 bridgehead atoms. The van der Waals surface area contributed by atoms with Crippen molar-refractivity contribution in [2.75, 3.05) is 0 Å². The lowest BCUT2D eigenvalue weighted by molar-refractivity contribution is 0.166. The van der Waals surface area contributed by atoms with E-state index in [-0.39, 0.29) is 6.10 Å². The number of aliphatic hydroxyl groups excluding tert-OH is 1. The number of hydrogen-bond donors (Lipinski definition) is 1. The van der Waals surface area contributed by atoms with E-state index in [4.69, 9.17) is 0 Å². The van der Waals surface area contributed by atoms with Gasteiger partial charge in [-0.1, -0.05) is 61.6 Å². The van der Waals surface area contributed by atoms with Gasteiger partial charge < -0.3 is 5.11 Å². The van der Waals surface area contributed by atoms with Crippen LogP contribution in [0.1, 0.15) is 56.8 Å². The van der Waals surface area contributed by atoms with Crippen LogP contribution in [-0.4, -0.2) is 5.11 Å². The normalized spacial score (nSPS) is 12.4. The molecule has 1 aromatic rings. The Balaban J connectivity index is 2.63. The van der Waals surface area contributed by atoms with Crippen LogP contribution >= 0.6 is 0 Å². The lowest BCUT2D eigenvalue weighted by atomic mass is 10.0. The number of rotatable bonds is 6. The summed E-state index contributed by atoms with van der Waals surface area (Å²) in [5.74, 6) is 6.35. The molecule has 20 heavy (non-hydrogen) atoms. The molecular weight excluding hydrogens is 244 g/mol. The quantitative estimate of drug-likeness (QED) is 0.581. The maximum absolute atomic E-state index is 9.98. The van der Waals surface area contributed by atoms with E-state index in [1.807, 2.05) is 30.3 Å². The van der Waals surface area contributed by atoms with Gasteiger partial charge in [-0.05, 0) is 37.5 Å². The molecule has 0 fully saturated rings. The van der Waals surface area contributed by atoms with Gasteiger partial charge >= 0.3 is 0 Å². The summed E-state index contributed by atoms with van der Waals surface area (Å²) < 4.78 is 0. The van der Waals surface area contributed by atoms with Crippen molar-refractivity contribution in [2.24, 2.45) is 0 Å². The predicted octanol–water partition coefficient (Wildman–Crippen LogP) is 4.78. The van der Waals surface area contributed by atoms with Crippen molar-refractivity contribution in [2.45, 2.75) is 45.6 Å². The van der Waals surface area contributed by atoms with Gasteiger partial charge in [0.05, 0.1) is 6.10 Å². The van der Waals surface area contributed by atoms with E-state index in [0.717, 1.165) is 36.8 Å². The minimum Gasteiger partial charge on any atom is -0.388 e. The Hall–Kier alpha value is -1.78. The fourth-order valence-corrected chi connectivity index (χ4v) is 1.97. The first-order chi connectivity index (χ1) is 9.67. The van der Waals surface area contributed by atoms with Crippen molar-refractivity contribution >= 4 is 0 Å². The Morgan fingerprint density at radius 1 is 1.45 bits per heavy atom. The molecule has 0 amide bonds. The van der Waals surface area contributed by atoms with Gasteiger partial charge in [0.25, 0.3) is 0 Å². The molecule has 0 heterocycles. The van der Waals surface area contributed by atoms with Crippen molar-refractivity contribution in [3.8, 4) is 11.8 Å². The molecule has 0 aliphatic heterocycles. The molecule has 1 aromatic carbocycles. The first-order valence-corrected chi connectivity index (χ1v) is 7.22. The smallest absolute Gasteiger partial charge is 0.0790 e. The van der Waals surface area contributed by atoms with Crippen molar-refractivity contribution in [3.05, 3.63) is 59.7 Å². The van der Waals surface area contributed by atoms with E-state index in [2.05, 4.69) is 32.3 Å².